The molecule has 1 heterocycles. The fourth-order valence-corrected chi connectivity index (χ4v) is 3.97. The summed E-state index contributed by atoms with van der Waals surface area (Å²) in [5, 5.41) is 0. The molecule has 0 spiro atoms. The minimum atomic E-state index is -0.159. The quantitative estimate of drug-likeness (QED) is 0.589. The van der Waals surface area contributed by atoms with Crippen LogP contribution >= 0.6 is 0 Å². The Morgan fingerprint density at radius 1 is 0.633 bits per heavy atom. The van der Waals surface area contributed by atoms with Crippen molar-refractivity contribution in [3.63, 3.8) is 0 Å². The lowest BCUT2D eigenvalue weighted by molar-refractivity contribution is 0.0648. The zero-order valence-corrected chi connectivity index (χ0v) is 16.7. The van der Waals surface area contributed by atoms with Crippen molar-refractivity contribution in [1.82, 2.24) is 4.90 Å². The Morgan fingerprint density at radius 2 is 1.13 bits per heavy atom. The van der Waals surface area contributed by atoms with Crippen molar-refractivity contribution < 1.29 is 14.4 Å². The molecule has 4 nitrogen and oxygen atoms in total. The van der Waals surface area contributed by atoms with Crippen LogP contribution in [0.3, 0.4) is 0 Å². The van der Waals surface area contributed by atoms with Gasteiger partial charge in [-0.15, -0.1) is 0 Å². The van der Waals surface area contributed by atoms with E-state index >= 15 is 0 Å². The van der Waals surface area contributed by atoms with Crippen LogP contribution in [0.2, 0.25) is 0 Å². The first-order valence-electron chi connectivity index (χ1n) is 10.2. The molecular weight excluding hydrogens is 374 g/mol. The Labute approximate surface area is 176 Å². The summed E-state index contributed by atoms with van der Waals surface area (Å²) in [6, 6.07) is 25.3. The smallest absolute Gasteiger partial charge is 0.254 e. The number of piperidine rings is 1. The van der Waals surface area contributed by atoms with E-state index in [-0.39, 0.29) is 23.4 Å². The van der Waals surface area contributed by atoms with Gasteiger partial charge in [0.2, 0.25) is 0 Å². The van der Waals surface area contributed by atoms with Gasteiger partial charge < -0.3 is 4.90 Å². The molecule has 30 heavy (non-hydrogen) atoms. The molecule has 4 heteroatoms. The van der Waals surface area contributed by atoms with Gasteiger partial charge in [0.05, 0.1) is 5.56 Å². The third kappa shape index (κ3) is 4.08. The maximum absolute atomic E-state index is 13.2. The molecule has 150 valence electrons. The van der Waals surface area contributed by atoms with E-state index in [1.54, 1.807) is 41.3 Å². The molecule has 1 amide bonds. The number of Topliss-reactive ketones (excluding diaryl/α,β-unsaturated/α-hetero) is 1. The van der Waals surface area contributed by atoms with E-state index in [0.29, 0.717) is 42.6 Å². The summed E-state index contributed by atoms with van der Waals surface area (Å²) >= 11 is 0. The Balaban J connectivity index is 1.48. The van der Waals surface area contributed by atoms with Crippen LogP contribution in [0.25, 0.3) is 0 Å². The highest BCUT2D eigenvalue weighted by molar-refractivity contribution is 6.15. The topological polar surface area (TPSA) is 54.5 Å². The number of nitrogens with zero attached hydrogens (tertiary/aromatic N) is 1. The second kappa shape index (κ2) is 8.87. The monoisotopic (exact) mass is 397 g/mol. The maximum atomic E-state index is 13.2. The fraction of sp³-hybridized carbons (Fsp3) is 0.192. The number of hydrogen-bond donors (Lipinski definition) is 0. The number of carbonyl (C=O) groups is 3. The summed E-state index contributed by atoms with van der Waals surface area (Å²) in [7, 11) is 0. The summed E-state index contributed by atoms with van der Waals surface area (Å²) in [6.07, 6.45) is 1.27. The second-order valence-electron chi connectivity index (χ2n) is 7.54. The highest BCUT2D eigenvalue weighted by Crippen LogP contribution is 2.24. The molecular formula is C26H23NO3. The lowest BCUT2D eigenvalue weighted by Gasteiger charge is -2.31. The van der Waals surface area contributed by atoms with E-state index < -0.39 is 0 Å². The minimum absolute atomic E-state index is 0.0716. The Bertz CT molecular complexity index is 1050. The van der Waals surface area contributed by atoms with Crippen molar-refractivity contribution in [2.24, 2.45) is 5.92 Å². The average Bonchev–Trinajstić information content (AvgIpc) is 2.84. The van der Waals surface area contributed by atoms with Gasteiger partial charge >= 0.3 is 0 Å². The van der Waals surface area contributed by atoms with E-state index in [9.17, 15) is 14.4 Å². The number of amides is 1. The van der Waals surface area contributed by atoms with Gasteiger partial charge in [-0.3, -0.25) is 14.4 Å². The van der Waals surface area contributed by atoms with E-state index in [1.807, 2.05) is 48.5 Å². The van der Waals surface area contributed by atoms with Crippen LogP contribution in [0.1, 0.15) is 49.5 Å². The van der Waals surface area contributed by atoms with Crippen LogP contribution < -0.4 is 0 Å². The molecule has 0 radical (unpaired) electrons. The van der Waals surface area contributed by atoms with Crippen molar-refractivity contribution in [2.75, 3.05) is 13.1 Å². The van der Waals surface area contributed by atoms with Crippen LogP contribution in [-0.4, -0.2) is 35.5 Å². The van der Waals surface area contributed by atoms with Crippen LogP contribution in [0, 0.1) is 5.92 Å². The van der Waals surface area contributed by atoms with Gasteiger partial charge in [0.25, 0.3) is 5.91 Å². The van der Waals surface area contributed by atoms with E-state index in [1.165, 1.54) is 0 Å². The molecule has 0 saturated carbocycles. The molecule has 3 aromatic rings. The van der Waals surface area contributed by atoms with Crippen molar-refractivity contribution in [1.29, 1.82) is 0 Å². The Kier molecular flexibility index (Phi) is 5.84. The molecule has 1 aliphatic heterocycles. The van der Waals surface area contributed by atoms with E-state index in [4.69, 9.17) is 0 Å². The number of carbonyl (C=O) groups excluding carboxylic acids is 3. The molecule has 0 N–H and O–H groups in total. The molecule has 4 rings (SSSR count). The van der Waals surface area contributed by atoms with Gasteiger partial charge in [-0.05, 0) is 18.9 Å². The molecule has 1 saturated heterocycles. The largest absolute Gasteiger partial charge is 0.339 e. The van der Waals surface area contributed by atoms with Crippen LogP contribution in [-0.2, 0) is 0 Å². The first kappa shape index (κ1) is 19.8. The minimum Gasteiger partial charge on any atom is -0.339 e. The van der Waals surface area contributed by atoms with Gasteiger partial charge in [-0.1, -0.05) is 78.9 Å². The first-order valence-corrected chi connectivity index (χ1v) is 10.2. The average molecular weight is 397 g/mol. The van der Waals surface area contributed by atoms with Gasteiger partial charge in [0.15, 0.2) is 11.6 Å². The van der Waals surface area contributed by atoms with E-state index in [0.717, 1.165) is 5.56 Å². The molecule has 1 fully saturated rings. The van der Waals surface area contributed by atoms with Crippen molar-refractivity contribution in [3.8, 4) is 0 Å². The first-order chi connectivity index (χ1) is 14.6. The molecule has 3 aromatic carbocycles. The Hall–Kier alpha value is -3.53. The highest BCUT2D eigenvalue weighted by atomic mass is 16.2. The number of hydrogen-bond acceptors (Lipinski definition) is 3. The lowest BCUT2D eigenvalue weighted by Crippen LogP contribution is -2.40. The summed E-state index contributed by atoms with van der Waals surface area (Å²) in [5.74, 6) is -0.241. The fourth-order valence-electron chi connectivity index (χ4n) is 3.97. The van der Waals surface area contributed by atoms with E-state index in [2.05, 4.69) is 0 Å². The maximum Gasteiger partial charge on any atom is 0.254 e. The molecule has 0 atom stereocenters. The zero-order valence-electron chi connectivity index (χ0n) is 16.7. The van der Waals surface area contributed by atoms with Gasteiger partial charge in [0.1, 0.15) is 0 Å². The van der Waals surface area contributed by atoms with Crippen LogP contribution in [0.5, 0.6) is 0 Å². The second-order valence-corrected chi connectivity index (χ2v) is 7.54. The summed E-state index contributed by atoms with van der Waals surface area (Å²) in [5.41, 5.74) is 2.11. The number of likely N-dealkylation sites (tertiary alicyclic amines) is 1. The number of benzene rings is 3. The van der Waals surface area contributed by atoms with Crippen molar-refractivity contribution in [2.45, 2.75) is 12.8 Å². The third-order valence-electron chi connectivity index (χ3n) is 5.65. The summed E-state index contributed by atoms with van der Waals surface area (Å²) < 4.78 is 0. The summed E-state index contributed by atoms with van der Waals surface area (Å²) in [6.45, 7) is 1.02. The van der Waals surface area contributed by atoms with Crippen molar-refractivity contribution >= 4 is 17.5 Å². The normalized spacial score (nSPS) is 14.3. The molecule has 0 aliphatic carbocycles. The summed E-state index contributed by atoms with van der Waals surface area (Å²) in [4.78, 5) is 40.6. The molecule has 0 bridgehead atoms. The predicted molar refractivity (Wildman–Crippen MR) is 116 cm³/mol. The lowest BCUT2D eigenvalue weighted by atomic mass is 9.88. The standard InChI is InChI=1S/C26H23NO3/c28-24(19-9-3-1-4-10-19)21-15-17-27(18-16-21)26(30)23-14-8-7-13-22(23)25(29)20-11-5-2-6-12-20/h1-14,21H,15-18H2. The molecule has 1 aliphatic rings. The van der Waals surface area contributed by atoms with Gasteiger partial charge in [-0.25, -0.2) is 0 Å². The van der Waals surface area contributed by atoms with Gasteiger partial charge in [0, 0.05) is 35.7 Å². The number of rotatable bonds is 5. The third-order valence-corrected chi connectivity index (χ3v) is 5.65. The molecule has 0 aromatic heterocycles. The van der Waals surface area contributed by atoms with Gasteiger partial charge in [-0.2, -0.15) is 0 Å². The Morgan fingerprint density at radius 3 is 1.73 bits per heavy atom. The van der Waals surface area contributed by atoms with Crippen molar-refractivity contribution in [3.05, 3.63) is 107 Å². The van der Waals surface area contributed by atoms with Crippen LogP contribution in [0.15, 0.2) is 84.9 Å². The zero-order chi connectivity index (χ0) is 20.9. The van der Waals surface area contributed by atoms with Crippen LogP contribution in [0.4, 0.5) is 0 Å². The highest BCUT2D eigenvalue weighted by Gasteiger charge is 2.29. The number of ketones is 2. The SMILES string of the molecule is O=C(c1ccccc1)c1ccccc1C(=O)N1CCC(C(=O)c2ccccc2)CC1. The predicted octanol–water partition coefficient (Wildman–Crippen LogP) is 4.65. The molecule has 0 unspecified atom stereocenters.